The van der Waals surface area contributed by atoms with E-state index in [0.29, 0.717) is 25.6 Å². The Morgan fingerprint density at radius 1 is 1.26 bits per heavy atom. The quantitative estimate of drug-likeness (QED) is 0.828. The first-order chi connectivity index (χ1) is 11.1. The largest absolute Gasteiger partial charge is 0.486 e. The number of rotatable bonds is 6. The Bertz CT molecular complexity index is 721. The van der Waals surface area contributed by atoms with Gasteiger partial charge >= 0.3 is 5.97 Å². The van der Waals surface area contributed by atoms with Gasteiger partial charge in [0.25, 0.3) is 0 Å². The van der Waals surface area contributed by atoms with E-state index in [1.165, 1.54) is 0 Å². The lowest BCUT2D eigenvalue weighted by Gasteiger charge is -2.18. The average molecular weight is 318 g/mol. The van der Waals surface area contributed by atoms with Crippen LogP contribution < -0.4 is 9.47 Å². The van der Waals surface area contributed by atoms with E-state index in [1.807, 2.05) is 12.1 Å². The Morgan fingerprint density at radius 3 is 2.61 bits per heavy atom. The summed E-state index contributed by atoms with van der Waals surface area (Å²) in [6, 6.07) is 3.92. The molecule has 1 aromatic heterocycles. The lowest BCUT2D eigenvalue weighted by Crippen LogP contribution is -2.15. The fraction of sp³-hybridized carbons (Fsp3) is 0.529. The maximum atomic E-state index is 10.7. The number of unbranched alkanes of at least 4 members (excludes halogenated alkanes) is 1. The summed E-state index contributed by atoms with van der Waals surface area (Å²) in [6.45, 7) is 6.11. The van der Waals surface area contributed by atoms with Crippen LogP contribution in [0.25, 0.3) is 11.0 Å². The molecule has 1 aliphatic heterocycles. The smallest absolute Gasteiger partial charge is 0.303 e. The van der Waals surface area contributed by atoms with E-state index in [2.05, 4.69) is 18.4 Å². The van der Waals surface area contributed by atoms with Crippen molar-refractivity contribution in [2.24, 2.45) is 0 Å². The van der Waals surface area contributed by atoms with Gasteiger partial charge in [-0.05, 0) is 12.8 Å². The second kappa shape index (κ2) is 6.48. The molecule has 6 nitrogen and oxygen atoms in total. The van der Waals surface area contributed by atoms with Crippen LogP contribution in [0, 0.1) is 0 Å². The molecule has 23 heavy (non-hydrogen) atoms. The zero-order valence-electron chi connectivity index (χ0n) is 13.5. The highest BCUT2D eigenvalue weighted by molar-refractivity contribution is 5.81. The van der Waals surface area contributed by atoms with Crippen LogP contribution in [0.1, 0.15) is 44.9 Å². The van der Waals surface area contributed by atoms with E-state index < -0.39 is 5.97 Å². The minimum Gasteiger partial charge on any atom is -0.486 e. The van der Waals surface area contributed by atoms with E-state index in [9.17, 15) is 4.79 Å². The van der Waals surface area contributed by atoms with E-state index in [-0.39, 0.29) is 6.42 Å². The van der Waals surface area contributed by atoms with Gasteiger partial charge in [0.1, 0.15) is 19.0 Å². The number of imidazole rings is 1. The molecule has 1 aromatic carbocycles. The number of aliphatic carboxylic acids is 1. The zero-order chi connectivity index (χ0) is 16.4. The predicted molar refractivity (Wildman–Crippen MR) is 86.3 cm³/mol. The van der Waals surface area contributed by atoms with Crippen molar-refractivity contribution in [2.75, 3.05) is 13.2 Å². The molecule has 0 aliphatic carbocycles. The molecule has 0 radical (unpaired) electrons. The molecule has 6 heteroatoms. The normalized spacial score (nSPS) is 13.7. The van der Waals surface area contributed by atoms with E-state index >= 15 is 0 Å². The third-order valence-corrected chi connectivity index (χ3v) is 3.98. The van der Waals surface area contributed by atoms with Crippen molar-refractivity contribution < 1.29 is 19.4 Å². The van der Waals surface area contributed by atoms with Crippen LogP contribution >= 0.6 is 0 Å². The Morgan fingerprint density at radius 2 is 1.96 bits per heavy atom. The van der Waals surface area contributed by atoms with Gasteiger partial charge in [-0.25, -0.2) is 4.98 Å². The van der Waals surface area contributed by atoms with E-state index in [1.54, 1.807) is 0 Å². The first kappa shape index (κ1) is 15.6. The lowest BCUT2D eigenvalue weighted by atomic mass is 10.2. The molecule has 124 valence electrons. The van der Waals surface area contributed by atoms with Crippen LogP contribution in [-0.2, 0) is 11.3 Å². The number of aryl methyl sites for hydroxylation is 1. The predicted octanol–water partition coefficient (Wildman–Crippen LogP) is 3.19. The van der Waals surface area contributed by atoms with Crippen molar-refractivity contribution in [3.05, 3.63) is 18.0 Å². The minimum atomic E-state index is -0.746. The number of hydrogen-bond donors (Lipinski definition) is 1. The summed E-state index contributed by atoms with van der Waals surface area (Å²) < 4.78 is 13.5. The number of benzene rings is 1. The number of carbonyl (C=O) groups is 1. The second-order valence-corrected chi connectivity index (χ2v) is 6.11. The topological polar surface area (TPSA) is 73.6 Å². The highest BCUT2D eigenvalue weighted by Crippen LogP contribution is 2.35. The zero-order valence-corrected chi connectivity index (χ0v) is 13.5. The molecular formula is C17H22N2O4. The van der Waals surface area contributed by atoms with Crippen LogP contribution in [0.5, 0.6) is 11.5 Å². The summed E-state index contributed by atoms with van der Waals surface area (Å²) in [6.07, 6.45) is 1.68. The molecule has 0 spiro atoms. The van der Waals surface area contributed by atoms with Gasteiger partial charge in [-0.15, -0.1) is 0 Å². The third-order valence-electron chi connectivity index (χ3n) is 3.98. The van der Waals surface area contributed by atoms with Crippen molar-refractivity contribution in [1.29, 1.82) is 0 Å². The van der Waals surface area contributed by atoms with Gasteiger partial charge in [-0.1, -0.05) is 13.8 Å². The molecule has 0 atom stereocenters. The fourth-order valence-corrected chi connectivity index (χ4v) is 2.90. The molecule has 2 heterocycles. The molecule has 2 aromatic rings. The van der Waals surface area contributed by atoms with Gasteiger partial charge in [0.05, 0.1) is 11.0 Å². The summed E-state index contributed by atoms with van der Waals surface area (Å²) in [7, 11) is 0. The monoisotopic (exact) mass is 318 g/mol. The van der Waals surface area contributed by atoms with E-state index in [0.717, 1.165) is 41.3 Å². The molecule has 1 aliphatic rings. The van der Waals surface area contributed by atoms with Crippen molar-refractivity contribution >= 4 is 17.0 Å². The fourth-order valence-electron chi connectivity index (χ4n) is 2.90. The molecule has 0 bridgehead atoms. The van der Waals surface area contributed by atoms with Crippen LogP contribution in [0.4, 0.5) is 0 Å². The molecule has 0 saturated carbocycles. The summed E-state index contributed by atoms with van der Waals surface area (Å²) in [4.78, 5) is 15.4. The Hall–Kier alpha value is -2.24. The first-order valence-corrected chi connectivity index (χ1v) is 8.08. The number of carboxylic acids is 1. The molecule has 1 N–H and O–H groups in total. The summed E-state index contributed by atoms with van der Waals surface area (Å²) in [5.74, 6) is 2.06. The van der Waals surface area contributed by atoms with E-state index in [4.69, 9.17) is 19.6 Å². The second-order valence-electron chi connectivity index (χ2n) is 6.11. The van der Waals surface area contributed by atoms with Crippen LogP contribution in [0.3, 0.4) is 0 Å². The number of carboxylic acid groups (broad SMARTS) is 1. The number of ether oxygens (including phenoxy) is 2. The number of aromatic nitrogens is 2. The standard InChI is InChI=1S/C17H22N2O4/c1-11(2)17-18-12-9-14-15(23-8-7-22-14)10-13(12)19(17)6-4-3-5-16(20)21/h9-11H,3-8H2,1-2H3,(H,20,21). The molecule has 0 unspecified atom stereocenters. The van der Waals surface area contributed by atoms with Gasteiger partial charge in [-0.3, -0.25) is 4.79 Å². The lowest BCUT2D eigenvalue weighted by molar-refractivity contribution is -0.137. The van der Waals surface area contributed by atoms with Crippen molar-refractivity contribution in [3.63, 3.8) is 0 Å². The maximum Gasteiger partial charge on any atom is 0.303 e. The average Bonchev–Trinajstić information content (AvgIpc) is 2.87. The van der Waals surface area contributed by atoms with Crippen LogP contribution in [0.15, 0.2) is 12.1 Å². The van der Waals surface area contributed by atoms with Gasteiger partial charge in [0.15, 0.2) is 11.5 Å². The number of fused-ring (bicyclic) bond motifs is 2. The third kappa shape index (κ3) is 3.25. The molecule has 0 fully saturated rings. The maximum absolute atomic E-state index is 10.7. The summed E-state index contributed by atoms with van der Waals surface area (Å²) in [5.41, 5.74) is 1.92. The number of nitrogens with zero attached hydrogens (tertiary/aromatic N) is 2. The Balaban J connectivity index is 1.92. The van der Waals surface area contributed by atoms with Gasteiger partial charge < -0.3 is 19.1 Å². The first-order valence-electron chi connectivity index (χ1n) is 8.08. The molecule has 0 amide bonds. The summed E-state index contributed by atoms with van der Waals surface area (Å²) >= 11 is 0. The molecular weight excluding hydrogens is 296 g/mol. The van der Waals surface area contributed by atoms with Crippen molar-refractivity contribution in [3.8, 4) is 11.5 Å². The Kier molecular flexibility index (Phi) is 4.41. The van der Waals surface area contributed by atoms with Crippen LogP contribution in [-0.4, -0.2) is 33.8 Å². The molecule has 3 rings (SSSR count). The summed E-state index contributed by atoms with van der Waals surface area (Å²) in [5, 5.41) is 8.77. The van der Waals surface area contributed by atoms with Crippen LogP contribution in [0.2, 0.25) is 0 Å². The van der Waals surface area contributed by atoms with Gasteiger partial charge in [-0.2, -0.15) is 0 Å². The highest BCUT2D eigenvalue weighted by atomic mass is 16.6. The molecule has 0 saturated heterocycles. The van der Waals surface area contributed by atoms with Gasteiger partial charge in [0, 0.05) is 31.0 Å². The SMILES string of the molecule is CC(C)c1nc2cc3c(cc2n1CCCCC(=O)O)OCCO3. The van der Waals surface area contributed by atoms with Crippen molar-refractivity contribution in [1.82, 2.24) is 9.55 Å². The van der Waals surface area contributed by atoms with Gasteiger partial charge in [0.2, 0.25) is 0 Å². The highest BCUT2D eigenvalue weighted by Gasteiger charge is 2.19. The minimum absolute atomic E-state index is 0.204. The van der Waals surface area contributed by atoms with Crippen molar-refractivity contribution in [2.45, 2.75) is 45.6 Å². The number of hydrogen-bond acceptors (Lipinski definition) is 4. The Labute approximate surface area is 135 Å².